The van der Waals surface area contributed by atoms with E-state index >= 15 is 0 Å². The van der Waals surface area contributed by atoms with Crippen molar-refractivity contribution in [1.82, 2.24) is 15.5 Å². The molecular weight excluding hydrogens is 358 g/mol. The van der Waals surface area contributed by atoms with Gasteiger partial charge in [-0.15, -0.1) is 0 Å². The number of piperidine rings is 1. The maximum Gasteiger partial charge on any atom is 0.258 e. The topological polar surface area (TPSA) is 81.8 Å². The molecule has 0 spiro atoms. The highest BCUT2D eigenvalue weighted by Gasteiger charge is 2.45. The lowest BCUT2D eigenvalue weighted by Crippen LogP contribution is -2.52. The van der Waals surface area contributed by atoms with Gasteiger partial charge < -0.3 is 15.1 Å². The molecule has 4 aliphatic rings. The standard InChI is InChI=1S/C18H18F2N4O3/c19-11-4-13(23-6-8-3-9(23)5-21-8)10-7-24(18(27)15(10)16(11)20)12-1-2-14(25)22-17(12)26/h4,8-9,12,21H,1-3,5-7H2,(H,22,25,26). The molecule has 9 heteroatoms. The summed E-state index contributed by atoms with van der Waals surface area (Å²) in [7, 11) is 0. The molecule has 4 aliphatic heterocycles. The summed E-state index contributed by atoms with van der Waals surface area (Å²) in [5, 5.41) is 5.57. The Kier molecular flexibility index (Phi) is 3.52. The molecule has 2 bridgehead atoms. The van der Waals surface area contributed by atoms with Gasteiger partial charge in [0.25, 0.3) is 5.91 Å². The van der Waals surface area contributed by atoms with Gasteiger partial charge in [0.2, 0.25) is 11.8 Å². The third kappa shape index (κ3) is 2.37. The number of benzene rings is 1. The number of hydrogen-bond acceptors (Lipinski definition) is 5. The summed E-state index contributed by atoms with van der Waals surface area (Å²) in [6, 6.07) is 0.802. The first-order valence-corrected chi connectivity index (χ1v) is 9.09. The second kappa shape index (κ2) is 5.72. The van der Waals surface area contributed by atoms with Gasteiger partial charge in [0, 0.05) is 55.5 Å². The largest absolute Gasteiger partial charge is 0.365 e. The van der Waals surface area contributed by atoms with E-state index < -0.39 is 29.5 Å². The van der Waals surface area contributed by atoms with Crippen molar-refractivity contribution in [3.8, 4) is 0 Å². The average molecular weight is 376 g/mol. The number of carbonyl (C=O) groups excluding carboxylic acids is 3. The molecule has 3 fully saturated rings. The zero-order valence-corrected chi connectivity index (χ0v) is 14.4. The van der Waals surface area contributed by atoms with Gasteiger partial charge in [0.15, 0.2) is 11.6 Å². The van der Waals surface area contributed by atoms with Crippen LogP contribution in [0.25, 0.3) is 0 Å². The summed E-state index contributed by atoms with van der Waals surface area (Å²) in [4.78, 5) is 39.7. The van der Waals surface area contributed by atoms with Gasteiger partial charge in [0.1, 0.15) is 6.04 Å². The fourth-order valence-electron chi connectivity index (χ4n) is 4.76. The number of hydrogen-bond donors (Lipinski definition) is 2. The number of halogens is 2. The number of nitrogens with zero attached hydrogens (tertiary/aromatic N) is 2. The molecule has 3 amide bonds. The Bertz CT molecular complexity index is 890. The van der Waals surface area contributed by atoms with Crippen molar-refractivity contribution in [3.63, 3.8) is 0 Å². The molecule has 0 saturated carbocycles. The molecule has 0 aliphatic carbocycles. The maximum absolute atomic E-state index is 14.5. The average Bonchev–Trinajstić information content (AvgIpc) is 3.33. The van der Waals surface area contributed by atoms with Crippen LogP contribution < -0.4 is 15.5 Å². The fourth-order valence-corrected chi connectivity index (χ4v) is 4.76. The van der Waals surface area contributed by atoms with Crippen LogP contribution in [0.4, 0.5) is 14.5 Å². The summed E-state index contributed by atoms with van der Waals surface area (Å²) in [5.41, 5.74) is 0.669. The molecule has 27 heavy (non-hydrogen) atoms. The first-order valence-electron chi connectivity index (χ1n) is 9.09. The first-order chi connectivity index (χ1) is 12.9. The van der Waals surface area contributed by atoms with Crippen molar-refractivity contribution in [2.24, 2.45) is 0 Å². The lowest BCUT2D eigenvalue weighted by atomic mass is 10.0. The van der Waals surface area contributed by atoms with Crippen LogP contribution in [0.1, 0.15) is 35.2 Å². The SMILES string of the molecule is O=C1CCC(N2Cc3c(N4CC5CC4CN5)cc(F)c(F)c3C2=O)C(=O)N1. The van der Waals surface area contributed by atoms with Crippen LogP contribution in [0.3, 0.4) is 0 Å². The van der Waals surface area contributed by atoms with Crippen LogP contribution in [-0.2, 0) is 16.1 Å². The molecule has 7 nitrogen and oxygen atoms in total. The number of anilines is 1. The van der Waals surface area contributed by atoms with Crippen molar-refractivity contribution >= 4 is 23.4 Å². The van der Waals surface area contributed by atoms with Crippen LogP contribution in [-0.4, -0.2) is 53.8 Å². The van der Waals surface area contributed by atoms with Gasteiger partial charge >= 0.3 is 0 Å². The molecule has 2 N–H and O–H groups in total. The van der Waals surface area contributed by atoms with Crippen LogP contribution in [0, 0.1) is 11.6 Å². The second-order valence-corrected chi connectivity index (χ2v) is 7.59. The highest BCUT2D eigenvalue weighted by Crippen LogP contribution is 2.40. The Morgan fingerprint density at radius 1 is 1.15 bits per heavy atom. The van der Waals surface area contributed by atoms with E-state index in [1.54, 1.807) is 0 Å². The zero-order valence-electron chi connectivity index (χ0n) is 14.4. The molecule has 3 unspecified atom stereocenters. The predicted molar refractivity (Wildman–Crippen MR) is 89.9 cm³/mol. The Balaban J connectivity index is 1.53. The third-order valence-corrected chi connectivity index (χ3v) is 6.06. The molecular formula is C18H18F2N4O3. The van der Waals surface area contributed by atoms with Gasteiger partial charge in [0.05, 0.1) is 5.56 Å². The van der Waals surface area contributed by atoms with Gasteiger partial charge in [-0.2, -0.15) is 0 Å². The number of amides is 3. The summed E-state index contributed by atoms with van der Waals surface area (Å²) < 4.78 is 28.8. The van der Waals surface area contributed by atoms with E-state index in [1.165, 1.54) is 4.90 Å². The van der Waals surface area contributed by atoms with Crippen molar-refractivity contribution < 1.29 is 23.2 Å². The van der Waals surface area contributed by atoms with Gasteiger partial charge in [-0.25, -0.2) is 8.78 Å². The molecule has 1 aromatic rings. The highest BCUT2D eigenvalue weighted by molar-refractivity contribution is 6.06. The first kappa shape index (κ1) is 16.6. The van der Waals surface area contributed by atoms with E-state index in [1.807, 2.05) is 4.90 Å². The third-order valence-electron chi connectivity index (χ3n) is 6.06. The lowest BCUT2D eigenvalue weighted by molar-refractivity contribution is -0.136. The summed E-state index contributed by atoms with van der Waals surface area (Å²) in [5.74, 6) is -3.88. The zero-order chi connectivity index (χ0) is 18.9. The van der Waals surface area contributed by atoms with Crippen molar-refractivity contribution in [2.75, 3.05) is 18.0 Å². The number of nitrogens with one attached hydrogen (secondary N) is 2. The van der Waals surface area contributed by atoms with E-state index in [-0.39, 0.29) is 36.9 Å². The molecule has 5 rings (SSSR count). The van der Waals surface area contributed by atoms with E-state index in [4.69, 9.17) is 0 Å². The molecule has 3 saturated heterocycles. The molecule has 0 aromatic heterocycles. The highest BCUT2D eigenvalue weighted by atomic mass is 19.2. The van der Waals surface area contributed by atoms with Gasteiger partial charge in [-0.1, -0.05) is 0 Å². The normalized spacial score (nSPS) is 29.6. The van der Waals surface area contributed by atoms with E-state index in [2.05, 4.69) is 10.6 Å². The second-order valence-electron chi connectivity index (χ2n) is 7.59. The smallest absolute Gasteiger partial charge is 0.258 e. The van der Waals surface area contributed by atoms with Crippen LogP contribution in [0.2, 0.25) is 0 Å². The molecule has 142 valence electrons. The van der Waals surface area contributed by atoms with Crippen LogP contribution in [0.15, 0.2) is 6.07 Å². The van der Waals surface area contributed by atoms with Gasteiger partial charge in [-0.3, -0.25) is 19.7 Å². The molecule has 4 heterocycles. The molecule has 0 radical (unpaired) electrons. The molecule has 3 atom stereocenters. The van der Waals surface area contributed by atoms with Crippen LogP contribution >= 0.6 is 0 Å². The number of piperazine rings is 1. The summed E-state index contributed by atoms with van der Waals surface area (Å²) in [6.45, 7) is 1.48. The van der Waals surface area contributed by atoms with E-state index in [0.717, 1.165) is 19.0 Å². The minimum atomic E-state index is -1.17. The summed E-state index contributed by atoms with van der Waals surface area (Å²) in [6.07, 6.45) is 1.22. The van der Waals surface area contributed by atoms with E-state index in [9.17, 15) is 23.2 Å². The monoisotopic (exact) mass is 376 g/mol. The van der Waals surface area contributed by atoms with Crippen LogP contribution in [0.5, 0.6) is 0 Å². The minimum absolute atomic E-state index is 0.0360. The number of rotatable bonds is 2. The minimum Gasteiger partial charge on any atom is -0.365 e. The fraction of sp³-hybridized carbons (Fsp3) is 0.500. The molecule has 1 aromatic carbocycles. The predicted octanol–water partition coefficient (Wildman–Crippen LogP) is 0.276. The van der Waals surface area contributed by atoms with Crippen molar-refractivity contribution in [2.45, 2.75) is 43.9 Å². The lowest BCUT2D eigenvalue weighted by Gasteiger charge is -2.32. The number of carbonyl (C=O) groups is 3. The number of fused-ring (bicyclic) bond motifs is 3. The Morgan fingerprint density at radius 2 is 1.96 bits per heavy atom. The quantitative estimate of drug-likeness (QED) is 0.725. The van der Waals surface area contributed by atoms with E-state index in [0.29, 0.717) is 23.8 Å². The van der Waals surface area contributed by atoms with Crippen molar-refractivity contribution in [3.05, 3.63) is 28.8 Å². The summed E-state index contributed by atoms with van der Waals surface area (Å²) >= 11 is 0. The Labute approximate surface area is 153 Å². The Hall–Kier alpha value is -2.55. The number of imide groups is 1. The Morgan fingerprint density at radius 3 is 2.63 bits per heavy atom. The van der Waals surface area contributed by atoms with Crippen molar-refractivity contribution in [1.29, 1.82) is 0 Å². The van der Waals surface area contributed by atoms with Gasteiger partial charge in [-0.05, 0) is 12.8 Å². The maximum atomic E-state index is 14.5.